The number of phenolic OH excluding ortho intramolecular Hbond substituents is 1. The second kappa shape index (κ2) is 5.31. The molecule has 0 aliphatic rings. The van der Waals surface area contributed by atoms with Gasteiger partial charge in [-0.2, -0.15) is 10.2 Å². The van der Waals surface area contributed by atoms with Crippen molar-refractivity contribution in [3.8, 4) is 11.5 Å². The Bertz CT molecular complexity index is 563. The number of rotatable bonds is 3. The number of azo groups is 1. The zero-order valence-corrected chi connectivity index (χ0v) is 10.3. The summed E-state index contributed by atoms with van der Waals surface area (Å²) >= 11 is 0. The second-order valence-corrected chi connectivity index (χ2v) is 3.87. The zero-order valence-electron chi connectivity index (χ0n) is 10.3. The Labute approximate surface area is 106 Å². The first kappa shape index (κ1) is 12.1. The summed E-state index contributed by atoms with van der Waals surface area (Å²) < 4.78 is 5.06. The lowest BCUT2D eigenvalue weighted by molar-refractivity contribution is 0.415. The molecule has 4 heteroatoms. The van der Waals surface area contributed by atoms with Gasteiger partial charge in [0.25, 0.3) is 0 Å². The van der Waals surface area contributed by atoms with Gasteiger partial charge in [-0.15, -0.1) is 0 Å². The Kier molecular flexibility index (Phi) is 3.57. The molecule has 4 nitrogen and oxygen atoms in total. The summed E-state index contributed by atoms with van der Waals surface area (Å²) in [6.07, 6.45) is 0. The van der Waals surface area contributed by atoms with E-state index in [1.54, 1.807) is 25.3 Å². The van der Waals surface area contributed by atoms with Gasteiger partial charge in [0.1, 0.15) is 11.5 Å². The largest absolute Gasteiger partial charge is 0.508 e. The average molecular weight is 242 g/mol. The van der Waals surface area contributed by atoms with Crippen LogP contribution in [0.1, 0.15) is 5.56 Å². The molecule has 0 heterocycles. The standard InChI is InChI=1S/C14H14N2O2/c1-10-9-12(5-8-14(10)17)16-15-11-3-6-13(18-2)7-4-11/h3-9,17H,1-2H3. The molecular formula is C14H14N2O2. The summed E-state index contributed by atoms with van der Waals surface area (Å²) in [6.45, 7) is 1.82. The van der Waals surface area contributed by atoms with Gasteiger partial charge in [-0.05, 0) is 55.0 Å². The van der Waals surface area contributed by atoms with E-state index in [0.717, 1.165) is 17.0 Å². The lowest BCUT2D eigenvalue weighted by Crippen LogP contribution is -1.79. The minimum Gasteiger partial charge on any atom is -0.508 e. The summed E-state index contributed by atoms with van der Waals surface area (Å²) in [4.78, 5) is 0. The number of hydrogen-bond donors (Lipinski definition) is 1. The maximum absolute atomic E-state index is 9.40. The van der Waals surface area contributed by atoms with Gasteiger partial charge >= 0.3 is 0 Å². The van der Waals surface area contributed by atoms with Crippen molar-refractivity contribution in [3.05, 3.63) is 48.0 Å². The van der Waals surface area contributed by atoms with Crippen molar-refractivity contribution in [1.82, 2.24) is 0 Å². The van der Waals surface area contributed by atoms with Gasteiger partial charge in [0, 0.05) is 0 Å². The zero-order chi connectivity index (χ0) is 13.0. The van der Waals surface area contributed by atoms with Crippen molar-refractivity contribution in [2.75, 3.05) is 7.11 Å². The highest BCUT2D eigenvalue weighted by Crippen LogP contribution is 2.24. The number of aryl methyl sites for hydroxylation is 1. The van der Waals surface area contributed by atoms with Crippen molar-refractivity contribution in [1.29, 1.82) is 0 Å². The van der Waals surface area contributed by atoms with Gasteiger partial charge in [0.2, 0.25) is 0 Å². The number of phenols is 1. The third-order valence-corrected chi connectivity index (χ3v) is 2.53. The Morgan fingerprint density at radius 3 is 2.17 bits per heavy atom. The smallest absolute Gasteiger partial charge is 0.119 e. The number of aromatic hydroxyl groups is 1. The first-order valence-corrected chi connectivity index (χ1v) is 5.54. The number of methoxy groups -OCH3 is 1. The van der Waals surface area contributed by atoms with Gasteiger partial charge in [0.05, 0.1) is 18.5 Å². The molecule has 0 amide bonds. The molecule has 2 aromatic carbocycles. The molecule has 0 radical (unpaired) electrons. The molecule has 0 aromatic heterocycles. The molecular weight excluding hydrogens is 228 g/mol. The van der Waals surface area contributed by atoms with Crippen molar-refractivity contribution >= 4 is 11.4 Å². The van der Waals surface area contributed by atoms with Crippen LogP contribution in [0.4, 0.5) is 11.4 Å². The van der Waals surface area contributed by atoms with Gasteiger partial charge in [-0.25, -0.2) is 0 Å². The SMILES string of the molecule is COc1ccc(N=Nc2ccc(O)c(C)c2)cc1. The summed E-state index contributed by atoms with van der Waals surface area (Å²) in [6, 6.07) is 12.4. The highest BCUT2D eigenvalue weighted by atomic mass is 16.5. The maximum Gasteiger partial charge on any atom is 0.119 e. The fourth-order valence-electron chi connectivity index (χ4n) is 1.47. The van der Waals surface area contributed by atoms with E-state index in [1.807, 2.05) is 31.2 Å². The predicted octanol–water partition coefficient (Wildman–Crippen LogP) is 4.12. The van der Waals surface area contributed by atoms with E-state index in [2.05, 4.69) is 10.2 Å². The van der Waals surface area contributed by atoms with Crippen LogP contribution in [0.15, 0.2) is 52.7 Å². The third kappa shape index (κ3) is 2.85. The molecule has 0 bridgehead atoms. The van der Waals surface area contributed by atoms with E-state index >= 15 is 0 Å². The van der Waals surface area contributed by atoms with Gasteiger partial charge in [0.15, 0.2) is 0 Å². The molecule has 0 aliphatic heterocycles. The van der Waals surface area contributed by atoms with E-state index in [1.165, 1.54) is 0 Å². The molecule has 0 aliphatic carbocycles. The molecule has 0 unspecified atom stereocenters. The fourth-order valence-corrected chi connectivity index (χ4v) is 1.47. The van der Waals surface area contributed by atoms with Gasteiger partial charge < -0.3 is 9.84 Å². The number of ether oxygens (including phenoxy) is 1. The van der Waals surface area contributed by atoms with Crippen LogP contribution in [0.5, 0.6) is 11.5 Å². The van der Waals surface area contributed by atoms with E-state index in [-0.39, 0.29) is 5.75 Å². The second-order valence-electron chi connectivity index (χ2n) is 3.87. The summed E-state index contributed by atoms with van der Waals surface area (Å²) in [5, 5.41) is 17.6. The van der Waals surface area contributed by atoms with Crippen LogP contribution >= 0.6 is 0 Å². The van der Waals surface area contributed by atoms with Crippen LogP contribution in [0.2, 0.25) is 0 Å². The van der Waals surface area contributed by atoms with Crippen LogP contribution in [0, 0.1) is 6.92 Å². The molecule has 0 spiro atoms. The Morgan fingerprint density at radius 2 is 1.56 bits per heavy atom. The highest BCUT2D eigenvalue weighted by Gasteiger charge is 1.97. The van der Waals surface area contributed by atoms with Gasteiger partial charge in [-0.3, -0.25) is 0 Å². The monoisotopic (exact) mass is 242 g/mol. The molecule has 18 heavy (non-hydrogen) atoms. The summed E-state index contributed by atoms with van der Waals surface area (Å²) in [5.41, 5.74) is 2.24. The van der Waals surface area contributed by atoms with E-state index in [0.29, 0.717) is 5.69 Å². The van der Waals surface area contributed by atoms with Crippen LogP contribution in [-0.4, -0.2) is 12.2 Å². The normalized spacial score (nSPS) is 10.8. The van der Waals surface area contributed by atoms with E-state index in [9.17, 15) is 5.11 Å². The van der Waals surface area contributed by atoms with Crippen LogP contribution < -0.4 is 4.74 Å². The van der Waals surface area contributed by atoms with Crippen LogP contribution in [-0.2, 0) is 0 Å². The first-order valence-electron chi connectivity index (χ1n) is 5.54. The molecule has 2 aromatic rings. The van der Waals surface area contributed by atoms with Crippen LogP contribution in [0.25, 0.3) is 0 Å². The fraction of sp³-hybridized carbons (Fsp3) is 0.143. The van der Waals surface area contributed by atoms with Crippen molar-refractivity contribution in [3.63, 3.8) is 0 Å². The molecule has 2 rings (SSSR count). The van der Waals surface area contributed by atoms with Gasteiger partial charge in [-0.1, -0.05) is 0 Å². The van der Waals surface area contributed by atoms with Crippen molar-refractivity contribution < 1.29 is 9.84 Å². The maximum atomic E-state index is 9.40. The molecule has 92 valence electrons. The lowest BCUT2D eigenvalue weighted by Gasteiger charge is -1.99. The van der Waals surface area contributed by atoms with Crippen molar-refractivity contribution in [2.24, 2.45) is 10.2 Å². The Morgan fingerprint density at radius 1 is 0.944 bits per heavy atom. The molecule has 0 saturated heterocycles. The molecule has 0 fully saturated rings. The minimum absolute atomic E-state index is 0.262. The Balaban J connectivity index is 2.16. The quantitative estimate of drug-likeness (QED) is 0.823. The number of nitrogens with zero attached hydrogens (tertiary/aromatic N) is 2. The lowest BCUT2D eigenvalue weighted by atomic mass is 10.2. The van der Waals surface area contributed by atoms with Crippen molar-refractivity contribution in [2.45, 2.75) is 6.92 Å². The van der Waals surface area contributed by atoms with E-state index < -0.39 is 0 Å². The summed E-state index contributed by atoms with van der Waals surface area (Å²) in [5.74, 6) is 1.05. The molecule has 0 saturated carbocycles. The summed E-state index contributed by atoms with van der Waals surface area (Å²) in [7, 11) is 1.62. The molecule has 0 atom stereocenters. The number of hydrogen-bond acceptors (Lipinski definition) is 4. The first-order chi connectivity index (χ1) is 8.69. The molecule has 1 N–H and O–H groups in total. The third-order valence-electron chi connectivity index (χ3n) is 2.53. The number of benzene rings is 2. The highest BCUT2D eigenvalue weighted by molar-refractivity contribution is 5.47. The average Bonchev–Trinajstić information content (AvgIpc) is 2.41. The topological polar surface area (TPSA) is 54.2 Å². The minimum atomic E-state index is 0.262. The predicted molar refractivity (Wildman–Crippen MR) is 70.0 cm³/mol. The van der Waals surface area contributed by atoms with Crippen LogP contribution in [0.3, 0.4) is 0 Å². The Hall–Kier alpha value is -2.36. The van der Waals surface area contributed by atoms with E-state index in [4.69, 9.17) is 4.74 Å².